The van der Waals surface area contributed by atoms with Gasteiger partial charge in [0, 0.05) is 24.7 Å². The first-order valence-electron chi connectivity index (χ1n) is 14.1. The van der Waals surface area contributed by atoms with Crippen molar-refractivity contribution >= 4 is 12.0 Å². The first-order valence-corrected chi connectivity index (χ1v) is 14.1. The number of nitrogens with one attached hydrogen (secondary N) is 1. The van der Waals surface area contributed by atoms with Gasteiger partial charge in [-0.15, -0.1) is 0 Å². The van der Waals surface area contributed by atoms with Gasteiger partial charge in [-0.25, -0.2) is 9.59 Å². The number of benzene rings is 2. The lowest BCUT2D eigenvalue weighted by Crippen LogP contribution is -2.43. The molecule has 1 aliphatic carbocycles. The molecule has 4 rings (SSSR count). The first-order chi connectivity index (χ1) is 18.0. The monoisotopic (exact) mass is 520 g/mol. The summed E-state index contributed by atoms with van der Waals surface area (Å²) in [5.41, 5.74) is 7.84. The Labute approximate surface area is 228 Å². The molecule has 1 heterocycles. The maximum absolute atomic E-state index is 13.4. The summed E-state index contributed by atoms with van der Waals surface area (Å²) in [6.45, 7) is 15.3. The molecule has 0 spiro atoms. The van der Waals surface area contributed by atoms with Gasteiger partial charge in [0.25, 0.3) is 0 Å². The fraction of sp³-hybridized carbons (Fsp3) is 0.562. The summed E-state index contributed by atoms with van der Waals surface area (Å²) in [6, 6.07) is 8.65. The van der Waals surface area contributed by atoms with Crippen LogP contribution in [0.5, 0.6) is 0 Å². The van der Waals surface area contributed by atoms with E-state index in [0.717, 1.165) is 46.2 Å². The minimum absolute atomic E-state index is 0.00165. The van der Waals surface area contributed by atoms with Gasteiger partial charge in [-0.3, -0.25) is 0 Å². The second-order valence-corrected chi connectivity index (χ2v) is 11.9. The van der Waals surface area contributed by atoms with Gasteiger partial charge in [-0.2, -0.15) is 0 Å². The van der Waals surface area contributed by atoms with E-state index in [1.165, 1.54) is 30.4 Å². The third kappa shape index (κ3) is 6.06. The molecule has 1 atom stereocenters. The van der Waals surface area contributed by atoms with Crippen LogP contribution in [0.25, 0.3) is 11.1 Å². The molecule has 0 unspecified atom stereocenters. The molecule has 0 radical (unpaired) electrons. The number of carbonyl (C=O) groups excluding carboxylic acids is 2. The largest absolute Gasteiger partial charge is 0.464 e. The number of carbonyl (C=O) groups is 2. The average molecular weight is 521 g/mol. The van der Waals surface area contributed by atoms with E-state index in [4.69, 9.17) is 9.47 Å². The van der Waals surface area contributed by atoms with Gasteiger partial charge in [-0.1, -0.05) is 49.1 Å². The lowest BCUT2D eigenvalue weighted by molar-refractivity contribution is -0.166. The van der Waals surface area contributed by atoms with E-state index in [-0.39, 0.29) is 24.6 Å². The molecule has 38 heavy (non-hydrogen) atoms. The number of hydrogen-bond donors (Lipinski definition) is 1. The summed E-state index contributed by atoms with van der Waals surface area (Å²) in [4.78, 5) is 28.6. The number of ether oxygens (including phenoxy) is 2. The Bertz CT molecular complexity index is 1170. The van der Waals surface area contributed by atoms with Crippen molar-refractivity contribution in [2.75, 3.05) is 6.61 Å². The Morgan fingerprint density at radius 1 is 0.974 bits per heavy atom. The van der Waals surface area contributed by atoms with E-state index in [0.29, 0.717) is 13.1 Å². The molecular formula is C32H44N2O4. The lowest BCUT2D eigenvalue weighted by Gasteiger charge is -2.30. The molecule has 1 N–H and O–H groups in total. The molecule has 0 saturated heterocycles. The highest BCUT2D eigenvalue weighted by atomic mass is 16.6. The predicted octanol–water partition coefficient (Wildman–Crippen LogP) is 7.06. The quantitative estimate of drug-likeness (QED) is 0.414. The fourth-order valence-electron chi connectivity index (χ4n) is 5.89. The second-order valence-electron chi connectivity index (χ2n) is 11.9. The number of urea groups is 1. The van der Waals surface area contributed by atoms with E-state index in [1.807, 2.05) is 32.6 Å². The predicted molar refractivity (Wildman–Crippen MR) is 151 cm³/mol. The summed E-state index contributed by atoms with van der Waals surface area (Å²) < 4.78 is 12.0. The highest BCUT2D eigenvalue weighted by Crippen LogP contribution is 2.44. The Balaban J connectivity index is 1.81. The zero-order chi connectivity index (χ0) is 27.6. The normalized spacial score (nSPS) is 16.8. The van der Waals surface area contributed by atoms with Crippen LogP contribution in [-0.2, 0) is 27.4 Å². The number of hydrogen-bond acceptors (Lipinski definition) is 4. The second kappa shape index (κ2) is 11.5. The Morgan fingerprint density at radius 3 is 2.16 bits per heavy atom. The molecule has 2 aromatic rings. The van der Waals surface area contributed by atoms with Crippen LogP contribution in [0.2, 0.25) is 0 Å². The molecule has 1 fully saturated rings. The SMILES string of the molecule is CCOC(=O)[C@@H](OC(C)(C)C)c1c(C)c2c(c(C)c1-c1ccc(C)cc1)CN(C(=O)NC1CCCCC1)C2. The number of aryl methyl sites for hydroxylation is 1. The van der Waals surface area contributed by atoms with Crippen molar-refractivity contribution in [2.45, 2.75) is 111 Å². The molecule has 206 valence electrons. The van der Waals surface area contributed by atoms with Crippen LogP contribution in [0, 0.1) is 20.8 Å². The van der Waals surface area contributed by atoms with Gasteiger partial charge >= 0.3 is 12.0 Å². The number of esters is 1. The van der Waals surface area contributed by atoms with E-state index in [1.54, 1.807) is 0 Å². The van der Waals surface area contributed by atoms with Gasteiger partial charge < -0.3 is 19.7 Å². The van der Waals surface area contributed by atoms with Gasteiger partial charge in [-0.05, 0) is 94.7 Å². The van der Waals surface area contributed by atoms with Crippen molar-refractivity contribution in [1.29, 1.82) is 0 Å². The highest BCUT2D eigenvalue weighted by Gasteiger charge is 2.37. The zero-order valence-electron chi connectivity index (χ0n) is 24.2. The van der Waals surface area contributed by atoms with Crippen molar-refractivity contribution in [3.8, 4) is 11.1 Å². The van der Waals surface area contributed by atoms with Gasteiger partial charge in [0.1, 0.15) is 0 Å². The maximum Gasteiger partial charge on any atom is 0.339 e. The van der Waals surface area contributed by atoms with E-state index >= 15 is 0 Å². The van der Waals surface area contributed by atoms with Crippen LogP contribution in [0.1, 0.15) is 99.3 Å². The third-order valence-electron chi connectivity index (χ3n) is 7.81. The van der Waals surface area contributed by atoms with Crippen LogP contribution in [0.15, 0.2) is 24.3 Å². The molecule has 1 saturated carbocycles. The third-order valence-corrected chi connectivity index (χ3v) is 7.81. The number of rotatable bonds is 6. The maximum atomic E-state index is 13.4. The van der Waals surface area contributed by atoms with Crippen molar-refractivity contribution in [3.63, 3.8) is 0 Å². The Morgan fingerprint density at radius 2 is 1.58 bits per heavy atom. The van der Waals surface area contributed by atoms with Crippen LogP contribution in [0.4, 0.5) is 4.79 Å². The smallest absolute Gasteiger partial charge is 0.339 e. The molecule has 2 amide bonds. The molecule has 1 aliphatic heterocycles. The summed E-state index contributed by atoms with van der Waals surface area (Å²) in [6.07, 6.45) is 4.84. The minimum Gasteiger partial charge on any atom is -0.464 e. The van der Waals surface area contributed by atoms with Crippen LogP contribution < -0.4 is 5.32 Å². The van der Waals surface area contributed by atoms with Crippen molar-refractivity contribution in [3.05, 3.63) is 57.6 Å². The van der Waals surface area contributed by atoms with E-state index in [9.17, 15) is 9.59 Å². The summed E-state index contributed by atoms with van der Waals surface area (Å²) in [5.74, 6) is -0.386. The van der Waals surface area contributed by atoms with Crippen molar-refractivity contribution < 1.29 is 19.1 Å². The zero-order valence-corrected chi connectivity index (χ0v) is 24.2. The minimum atomic E-state index is -0.875. The van der Waals surface area contributed by atoms with Gasteiger partial charge in [0.15, 0.2) is 6.10 Å². The van der Waals surface area contributed by atoms with Crippen LogP contribution in [0.3, 0.4) is 0 Å². The Hall–Kier alpha value is -2.86. The van der Waals surface area contributed by atoms with Crippen molar-refractivity contribution in [1.82, 2.24) is 10.2 Å². The van der Waals surface area contributed by atoms with Crippen molar-refractivity contribution in [2.24, 2.45) is 0 Å². The number of fused-ring (bicyclic) bond motifs is 1. The lowest BCUT2D eigenvalue weighted by atomic mass is 9.83. The molecule has 6 nitrogen and oxygen atoms in total. The molecule has 2 aliphatic rings. The molecule has 6 heteroatoms. The Kier molecular flexibility index (Phi) is 8.51. The highest BCUT2D eigenvalue weighted by molar-refractivity contribution is 5.85. The number of amides is 2. The van der Waals surface area contributed by atoms with Crippen LogP contribution in [-0.4, -0.2) is 35.2 Å². The summed E-state index contributed by atoms with van der Waals surface area (Å²) >= 11 is 0. The molecule has 0 bridgehead atoms. The summed E-state index contributed by atoms with van der Waals surface area (Å²) in [7, 11) is 0. The first kappa shape index (κ1) is 28.2. The standard InChI is InChI=1S/C32H44N2O4/c1-8-37-30(35)29(38-32(5,6)7)28-22(4)26-19-34(31(36)33-24-12-10-9-11-13-24)18-25(26)21(3)27(28)23-16-14-20(2)15-17-23/h14-17,24,29H,8-13,18-19H2,1-7H3,(H,33,36)/t29-/m0/s1. The number of nitrogens with zero attached hydrogens (tertiary/aromatic N) is 1. The van der Waals surface area contributed by atoms with E-state index < -0.39 is 11.7 Å². The molecular weight excluding hydrogens is 476 g/mol. The average Bonchev–Trinajstić information content (AvgIpc) is 3.32. The molecule has 0 aromatic heterocycles. The fourth-order valence-corrected chi connectivity index (χ4v) is 5.89. The topological polar surface area (TPSA) is 67.9 Å². The summed E-state index contributed by atoms with van der Waals surface area (Å²) in [5, 5.41) is 3.28. The van der Waals surface area contributed by atoms with Gasteiger partial charge in [0.05, 0.1) is 12.2 Å². The van der Waals surface area contributed by atoms with Crippen LogP contribution >= 0.6 is 0 Å². The molecule has 2 aromatic carbocycles. The van der Waals surface area contributed by atoms with Gasteiger partial charge in [0.2, 0.25) is 0 Å². The van der Waals surface area contributed by atoms with E-state index in [2.05, 4.69) is 50.4 Å².